The largest absolute Gasteiger partial charge is 0.461 e. The minimum atomic E-state index is -4.22. The number of rotatable bonds is 23. The van der Waals surface area contributed by atoms with E-state index in [1.807, 2.05) is 0 Å². The number of azide groups is 1. The van der Waals surface area contributed by atoms with Crippen molar-refractivity contribution in [2.45, 2.75) is 218 Å². The molecule has 10 aliphatic rings. The highest BCUT2D eigenvalue weighted by Gasteiger charge is 2.69. The van der Waals surface area contributed by atoms with Crippen LogP contribution in [0.1, 0.15) is 109 Å². The van der Waals surface area contributed by atoms with E-state index in [9.17, 15) is 23.1 Å². The van der Waals surface area contributed by atoms with Gasteiger partial charge in [0.15, 0.2) is 10.8 Å². The molecule has 1 spiro atoms. The Morgan fingerprint density at radius 1 is 0.830 bits per heavy atom. The lowest BCUT2D eigenvalue weighted by Crippen LogP contribution is -2.61. The van der Waals surface area contributed by atoms with Crippen molar-refractivity contribution in [3.8, 4) is 0 Å². The molecule has 2 aromatic rings. The average Bonchev–Trinajstić information content (AvgIpc) is 1.56. The van der Waals surface area contributed by atoms with Crippen LogP contribution in [0.3, 0.4) is 0 Å². The maximum Gasteiger partial charge on any atom is 0.306 e. The Morgan fingerprint density at radius 2 is 1.56 bits per heavy atom. The number of carbonyl (C=O) groups excluding carboxylic acids is 2. The van der Waals surface area contributed by atoms with Gasteiger partial charge >= 0.3 is 5.97 Å². The van der Waals surface area contributed by atoms with Gasteiger partial charge in [0.05, 0.1) is 126 Å². The van der Waals surface area contributed by atoms with Gasteiger partial charge in [0.2, 0.25) is 5.69 Å². The van der Waals surface area contributed by atoms with E-state index >= 15 is 0 Å². The fraction of sp³-hybridized carbons (Fsp3) is 0.714. The number of methoxy groups -OCH3 is 1. The molecule has 0 amide bonds. The van der Waals surface area contributed by atoms with E-state index in [4.69, 9.17) is 73.7 Å². The van der Waals surface area contributed by atoms with Crippen molar-refractivity contribution in [3.05, 3.63) is 94.3 Å². The van der Waals surface area contributed by atoms with Crippen molar-refractivity contribution in [2.75, 3.05) is 64.1 Å². The summed E-state index contributed by atoms with van der Waals surface area (Å²) in [4.78, 5) is 37.9. The van der Waals surface area contributed by atoms with E-state index in [1.54, 1.807) is 31.4 Å². The van der Waals surface area contributed by atoms with Gasteiger partial charge in [-0.3, -0.25) is 18.9 Å². The Labute approximate surface area is 514 Å². The van der Waals surface area contributed by atoms with E-state index in [1.165, 1.54) is 18.3 Å². The van der Waals surface area contributed by atoms with Crippen LogP contribution < -0.4 is 4.31 Å². The summed E-state index contributed by atoms with van der Waals surface area (Å²) < 4.78 is 112. The molecule has 10 aliphatic heterocycles. The van der Waals surface area contributed by atoms with Crippen LogP contribution in [0.15, 0.2) is 77.0 Å². The smallest absolute Gasteiger partial charge is 0.306 e. The lowest BCUT2D eigenvalue weighted by molar-refractivity contribution is -0.292. The molecule has 1 N–H and O–H groups in total. The van der Waals surface area contributed by atoms with Crippen LogP contribution >= 0.6 is 0 Å². The number of benzene rings is 1. The minimum Gasteiger partial charge on any atom is -0.461 e. The SMILES string of the molecule is [C-]#[N+]c1ccc(S(=O)(=O)N(CCOCCOCCOCCN=[N+]=[N-])c2ccc(COC(=O)CC[C@@H](O)C[C@H]3O[C@H]4CC5O[C@@H](CCC6O[C@@H](CC[C@@]78CC9O[C@H]%10[C@@H](O7)[C@H]7OC(CC[C@@H]7O[C@H]%10C9O8)CC(=O)C[C@@H]4[C@H]3OC)CC6=C)C[C@@H](C)C5=C)cc2)nc1. The third-order valence-electron chi connectivity index (χ3n) is 19.0. The Kier molecular flexibility index (Phi) is 21.3. The molecule has 10 fully saturated rings. The predicted molar refractivity (Wildman–Crippen MR) is 314 cm³/mol. The number of ketones is 1. The molecule has 1 aromatic carbocycles. The van der Waals surface area contributed by atoms with Gasteiger partial charge < -0.3 is 66.7 Å². The Hall–Kier alpha value is -4.98. The highest BCUT2D eigenvalue weighted by atomic mass is 32.2. The number of fused-ring (bicyclic) bond motifs is 6. The first kappa shape index (κ1) is 64.5. The number of pyridine rings is 1. The Morgan fingerprint density at radius 3 is 2.32 bits per heavy atom. The average molecular weight is 1250 g/mol. The molecule has 88 heavy (non-hydrogen) atoms. The monoisotopic (exact) mass is 1240 g/mol. The third kappa shape index (κ3) is 15.0. The summed E-state index contributed by atoms with van der Waals surface area (Å²) in [5.41, 5.74) is 11.5. The van der Waals surface area contributed by atoms with Crippen LogP contribution in [0.2, 0.25) is 0 Å². The van der Waals surface area contributed by atoms with Crippen LogP contribution in [0.4, 0.5) is 11.4 Å². The molecule has 12 bridgehead atoms. The zero-order valence-corrected chi connectivity index (χ0v) is 51.1. The van der Waals surface area contributed by atoms with E-state index in [-0.39, 0.29) is 162 Å². The van der Waals surface area contributed by atoms with Gasteiger partial charge in [-0.1, -0.05) is 43.4 Å². The Balaban J connectivity index is 0.709. The van der Waals surface area contributed by atoms with Crippen molar-refractivity contribution >= 4 is 33.2 Å². The summed E-state index contributed by atoms with van der Waals surface area (Å²) in [6.45, 7) is 19.8. The molecule has 11 heterocycles. The molecule has 24 nitrogen and oxygen atoms in total. The summed E-state index contributed by atoms with van der Waals surface area (Å²) in [5, 5.41) is 14.7. The number of ether oxygens (including phenoxy) is 13. The van der Waals surface area contributed by atoms with Gasteiger partial charge in [-0.05, 0) is 97.7 Å². The number of Topliss-reactive ketones (excluding diaryl/α,β-unsaturated/α-hetero) is 1. The third-order valence-corrected chi connectivity index (χ3v) is 20.7. The molecular formula is C63H84N6O18S. The normalized spacial score (nSPS) is 35.6. The summed E-state index contributed by atoms with van der Waals surface area (Å²) in [5.74, 6) is -1.60. The second-order valence-electron chi connectivity index (χ2n) is 24.9. The molecule has 0 aliphatic carbocycles. The highest BCUT2D eigenvalue weighted by Crippen LogP contribution is 2.54. The van der Waals surface area contributed by atoms with Crippen LogP contribution in [-0.4, -0.2) is 194 Å². The fourth-order valence-electron chi connectivity index (χ4n) is 14.5. The zero-order chi connectivity index (χ0) is 61.5. The maximum absolute atomic E-state index is 14.5. The van der Waals surface area contributed by atoms with Gasteiger partial charge in [-0.2, -0.15) is 8.42 Å². The number of anilines is 1. The van der Waals surface area contributed by atoms with E-state index in [0.717, 1.165) is 47.6 Å². The van der Waals surface area contributed by atoms with Crippen molar-refractivity contribution in [1.82, 2.24) is 4.98 Å². The van der Waals surface area contributed by atoms with Gasteiger partial charge in [0.25, 0.3) is 10.0 Å². The fourth-order valence-corrected chi connectivity index (χ4v) is 15.9. The standard InChI is InChI=1S/C63H84N6O18S/c1-37-28-45-12-14-49-38(2)29-47(80-49)18-19-63-34-54-59(86-63)60-61(85-54)62(87-63)58-50(84-60)15-13-46(82-58)30-44(71)31-48-52(33-51(81-45)39(37)3)83-53(57(48)75-5)32-43(70)11-17-56(72)79-36-40-6-9-42(10-7-40)69(88(73,74)55-16-8-41(65-4)35-66-55)21-23-77-25-27-78-26-24-76-22-20-67-68-64/h6-10,16,35,37,43,45-54,57-62,70H,2-3,11-15,17-34,36H2,1,5H3/t37-,43-,45+,46?,47+,48+,49?,50+,51?,52+,53-,54?,57-,58+,59?,60+,61-,62+,63+/m1/s1. The molecule has 25 heteroatoms. The number of carbonyl (C=O) groups is 2. The van der Waals surface area contributed by atoms with Gasteiger partial charge in [-0.15, -0.1) is 0 Å². The van der Waals surface area contributed by atoms with E-state index in [0.29, 0.717) is 56.6 Å². The molecular weight excluding hydrogens is 1160 g/mol. The number of sulfonamides is 1. The number of esters is 1. The molecule has 1 aromatic heterocycles. The molecule has 12 rings (SSSR count). The molecule has 0 radical (unpaired) electrons. The Bertz CT molecular complexity index is 2970. The number of hydrogen-bond acceptors (Lipinski definition) is 20. The topological polar surface area (TPSA) is 278 Å². The van der Waals surface area contributed by atoms with Crippen LogP contribution in [-0.2, 0) is 87.8 Å². The lowest BCUT2D eigenvalue weighted by Gasteiger charge is -2.47. The van der Waals surface area contributed by atoms with Crippen molar-refractivity contribution in [2.24, 2.45) is 17.0 Å². The summed E-state index contributed by atoms with van der Waals surface area (Å²) >= 11 is 0. The number of aromatic nitrogens is 1. The summed E-state index contributed by atoms with van der Waals surface area (Å²) in [6, 6.07) is 9.14. The van der Waals surface area contributed by atoms with Gasteiger partial charge in [-0.25, -0.2) is 4.85 Å². The first-order chi connectivity index (χ1) is 42.6. The first-order valence-corrected chi connectivity index (χ1v) is 32.8. The second-order valence-corrected chi connectivity index (χ2v) is 26.7. The van der Waals surface area contributed by atoms with Crippen LogP contribution in [0.25, 0.3) is 15.3 Å². The molecule has 5 unspecified atom stereocenters. The molecule has 0 saturated carbocycles. The van der Waals surface area contributed by atoms with Gasteiger partial charge in [0.1, 0.15) is 42.9 Å². The summed E-state index contributed by atoms with van der Waals surface area (Å²) in [7, 11) is -2.62. The van der Waals surface area contributed by atoms with Gasteiger partial charge in [0, 0.05) is 75.6 Å². The molecule has 19 atom stereocenters. The second kappa shape index (κ2) is 29.1. The van der Waals surface area contributed by atoms with Crippen molar-refractivity contribution in [3.63, 3.8) is 0 Å². The summed E-state index contributed by atoms with van der Waals surface area (Å²) in [6.07, 6.45) is 3.03. The number of nitrogens with zero attached hydrogens (tertiary/aromatic N) is 6. The minimum absolute atomic E-state index is 0.0107. The number of hydrogen-bond donors (Lipinski definition) is 1. The number of aliphatic hydroxyl groups excluding tert-OH is 1. The predicted octanol–water partition coefficient (Wildman–Crippen LogP) is 7.50. The highest BCUT2D eigenvalue weighted by molar-refractivity contribution is 7.92. The number of aliphatic hydroxyl groups is 1. The quantitative estimate of drug-likeness (QED) is 0.0214. The van der Waals surface area contributed by atoms with Crippen molar-refractivity contribution in [1.29, 1.82) is 0 Å². The van der Waals surface area contributed by atoms with Crippen molar-refractivity contribution < 1.29 is 84.7 Å². The zero-order valence-electron chi connectivity index (χ0n) is 50.3. The molecule has 480 valence electrons. The van der Waals surface area contributed by atoms with Crippen LogP contribution in [0, 0.1) is 18.4 Å². The van der Waals surface area contributed by atoms with E-state index in [2.05, 4.69) is 39.9 Å². The molecule has 10 saturated heterocycles. The van der Waals surface area contributed by atoms with Crippen LogP contribution in [0.5, 0.6) is 0 Å². The first-order valence-electron chi connectivity index (χ1n) is 31.3. The maximum atomic E-state index is 14.5. The lowest BCUT2D eigenvalue weighted by atomic mass is 9.81. The van der Waals surface area contributed by atoms with E-state index < -0.39 is 64.3 Å².